The number of hydrogen-bond donors (Lipinski definition) is 1. The minimum absolute atomic E-state index is 0.0202. The summed E-state index contributed by atoms with van der Waals surface area (Å²) < 4.78 is 14.1. The first-order chi connectivity index (χ1) is 9.90. The van der Waals surface area contributed by atoms with E-state index in [0.717, 1.165) is 12.1 Å². The van der Waals surface area contributed by atoms with Gasteiger partial charge in [-0.15, -0.1) is 0 Å². The minimum atomic E-state index is -0.796. The molecular weight excluding hydrogens is 281 g/mol. The van der Waals surface area contributed by atoms with Crippen LogP contribution in [-0.4, -0.2) is 41.3 Å². The lowest BCUT2D eigenvalue weighted by atomic mass is 10.1. The summed E-state index contributed by atoms with van der Waals surface area (Å²) in [5.41, 5.74) is -0.709. The van der Waals surface area contributed by atoms with Gasteiger partial charge in [0.1, 0.15) is 5.82 Å². The van der Waals surface area contributed by atoms with Crippen LogP contribution in [0.4, 0.5) is 10.1 Å². The summed E-state index contributed by atoms with van der Waals surface area (Å²) in [7, 11) is 0. The lowest BCUT2D eigenvalue weighted by Crippen LogP contribution is -2.37. The number of nitro groups is 1. The Morgan fingerprint density at radius 2 is 2.19 bits per heavy atom. The van der Waals surface area contributed by atoms with Crippen LogP contribution in [0.2, 0.25) is 0 Å². The highest BCUT2D eigenvalue weighted by Gasteiger charge is 2.26. The first-order valence-corrected chi connectivity index (χ1v) is 6.40. The van der Waals surface area contributed by atoms with Crippen LogP contribution >= 0.6 is 0 Å². The van der Waals surface area contributed by atoms with E-state index in [1.165, 1.54) is 11.8 Å². The number of aryl methyl sites for hydroxylation is 1. The topological polar surface area (TPSA) is 92.6 Å². The fourth-order valence-electron chi connectivity index (χ4n) is 2.16. The van der Waals surface area contributed by atoms with Crippen molar-refractivity contribution in [3.63, 3.8) is 0 Å². The number of non-ortho nitro benzene ring substituents is 1. The minimum Gasteiger partial charge on any atom is -0.354 e. The molecule has 8 heteroatoms. The average Bonchev–Trinajstić information content (AvgIpc) is 2.65. The Bertz CT molecular complexity index is 618. The van der Waals surface area contributed by atoms with Gasteiger partial charge >= 0.3 is 0 Å². The second-order valence-corrected chi connectivity index (χ2v) is 4.81. The van der Waals surface area contributed by atoms with Gasteiger partial charge in [-0.1, -0.05) is 0 Å². The van der Waals surface area contributed by atoms with Crippen LogP contribution in [-0.2, 0) is 4.79 Å². The normalized spacial score (nSPS) is 15.3. The highest BCUT2D eigenvalue weighted by atomic mass is 19.1. The molecule has 0 saturated carbocycles. The van der Waals surface area contributed by atoms with Crippen molar-refractivity contribution in [2.45, 2.75) is 13.3 Å². The van der Waals surface area contributed by atoms with Crippen molar-refractivity contribution in [1.29, 1.82) is 0 Å². The molecular formula is C13H14FN3O4. The summed E-state index contributed by atoms with van der Waals surface area (Å²) in [5.74, 6) is -1.84. The molecule has 1 saturated heterocycles. The molecule has 0 bridgehead atoms. The van der Waals surface area contributed by atoms with E-state index in [9.17, 15) is 24.1 Å². The zero-order valence-electron chi connectivity index (χ0n) is 11.4. The molecule has 2 rings (SSSR count). The van der Waals surface area contributed by atoms with Crippen LogP contribution in [0.1, 0.15) is 22.3 Å². The van der Waals surface area contributed by atoms with Gasteiger partial charge in [-0.05, 0) is 18.9 Å². The average molecular weight is 295 g/mol. The van der Waals surface area contributed by atoms with Crippen molar-refractivity contribution in [3.05, 3.63) is 39.2 Å². The number of rotatable bonds is 2. The van der Waals surface area contributed by atoms with Crippen molar-refractivity contribution in [2.24, 2.45) is 0 Å². The van der Waals surface area contributed by atoms with Crippen LogP contribution in [0.3, 0.4) is 0 Å². The molecule has 0 aromatic heterocycles. The highest BCUT2D eigenvalue weighted by molar-refractivity contribution is 5.97. The molecule has 1 heterocycles. The zero-order chi connectivity index (χ0) is 15.6. The van der Waals surface area contributed by atoms with Crippen LogP contribution in [0.5, 0.6) is 0 Å². The Hall–Kier alpha value is -2.51. The summed E-state index contributed by atoms with van der Waals surface area (Å²) in [6.45, 7) is 1.91. The summed E-state index contributed by atoms with van der Waals surface area (Å²) in [4.78, 5) is 35.1. The molecule has 0 atom stereocenters. The van der Waals surface area contributed by atoms with Crippen molar-refractivity contribution in [1.82, 2.24) is 10.2 Å². The molecule has 0 aliphatic carbocycles. The van der Waals surface area contributed by atoms with E-state index in [4.69, 9.17) is 0 Å². The molecule has 1 fully saturated rings. The van der Waals surface area contributed by atoms with Gasteiger partial charge in [-0.3, -0.25) is 19.7 Å². The monoisotopic (exact) mass is 295 g/mol. The Kier molecular flexibility index (Phi) is 4.15. The number of halogens is 1. The standard InChI is InChI=1S/C13H14FN3O4/c1-8-5-9(17(20)21)6-10(12(8)14)13(19)16-4-2-3-15-11(18)7-16/h5-6H,2-4,7H2,1H3,(H,15,18). The SMILES string of the molecule is Cc1cc([N+](=O)[O-])cc(C(=O)N2CCCNC(=O)C2)c1F. The van der Waals surface area contributed by atoms with E-state index < -0.39 is 16.6 Å². The van der Waals surface area contributed by atoms with Gasteiger partial charge in [-0.2, -0.15) is 0 Å². The van der Waals surface area contributed by atoms with Crippen molar-refractivity contribution in [2.75, 3.05) is 19.6 Å². The Morgan fingerprint density at radius 1 is 1.48 bits per heavy atom. The lowest BCUT2D eigenvalue weighted by Gasteiger charge is -2.19. The van der Waals surface area contributed by atoms with E-state index in [0.29, 0.717) is 19.5 Å². The maximum Gasteiger partial charge on any atom is 0.270 e. The first kappa shape index (κ1) is 14.9. The molecule has 1 aromatic rings. The van der Waals surface area contributed by atoms with Crippen molar-refractivity contribution >= 4 is 17.5 Å². The molecule has 1 aliphatic rings. The second kappa shape index (κ2) is 5.86. The molecule has 112 valence electrons. The van der Waals surface area contributed by atoms with Crippen LogP contribution in [0.15, 0.2) is 12.1 Å². The van der Waals surface area contributed by atoms with Crippen molar-refractivity contribution in [3.8, 4) is 0 Å². The number of carbonyl (C=O) groups excluding carboxylic acids is 2. The number of carbonyl (C=O) groups is 2. The highest BCUT2D eigenvalue weighted by Crippen LogP contribution is 2.22. The molecule has 0 radical (unpaired) electrons. The Balaban J connectivity index is 2.37. The summed E-state index contributed by atoms with van der Waals surface area (Å²) in [6, 6.07) is 1.98. The van der Waals surface area contributed by atoms with Crippen LogP contribution < -0.4 is 5.32 Å². The van der Waals surface area contributed by atoms with Gasteiger partial charge < -0.3 is 10.2 Å². The molecule has 1 aromatic carbocycles. The predicted molar refractivity (Wildman–Crippen MR) is 71.3 cm³/mol. The lowest BCUT2D eigenvalue weighted by molar-refractivity contribution is -0.385. The number of benzene rings is 1. The van der Waals surface area contributed by atoms with E-state index in [1.54, 1.807) is 0 Å². The van der Waals surface area contributed by atoms with E-state index >= 15 is 0 Å². The molecule has 0 spiro atoms. The van der Waals surface area contributed by atoms with E-state index in [1.807, 2.05) is 0 Å². The summed E-state index contributed by atoms with van der Waals surface area (Å²) in [5, 5.41) is 13.4. The van der Waals surface area contributed by atoms with Gasteiger partial charge in [0.05, 0.1) is 17.0 Å². The third-order valence-corrected chi connectivity index (χ3v) is 3.23. The molecule has 0 unspecified atom stereocenters. The van der Waals surface area contributed by atoms with Gasteiger partial charge in [0, 0.05) is 25.2 Å². The smallest absolute Gasteiger partial charge is 0.270 e. The maximum absolute atomic E-state index is 14.1. The van der Waals surface area contributed by atoms with Gasteiger partial charge in [0.15, 0.2) is 0 Å². The van der Waals surface area contributed by atoms with Crippen LogP contribution in [0.25, 0.3) is 0 Å². The molecule has 7 nitrogen and oxygen atoms in total. The number of nitrogens with zero attached hydrogens (tertiary/aromatic N) is 2. The van der Waals surface area contributed by atoms with E-state index in [2.05, 4.69) is 5.32 Å². The summed E-state index contributed by atoms with van der Waals surface area (Å²) >= 11 is 0. The fourth-order valence-corrected chi connectivity index (χ4v) is 2.16. The fraction of sp³-hybridized carbons (Fsp3) is 0.385. The number of amides is 2. The van der Waals surface area contributed by atoms with Gasteiger partial charge in [0.25, 0.3) is 11.6 Å². The van der Waals surface area contributed by atoms with E-state index in [-0.39, 0.29) is 29.3 Å². The largest absolute Gasteiger partial charge is 0.354 e. The Labute approximate surface area is 119 Å². The molecule has 21 heavy (non-hydrogen) atoms. The van der Waals surface area contributed by atoms with Gasteiger partial charge in [-0.25, -0.2) is 4.39 Å². The zero-order valence-corrected chi connectivity index (χ0v) is 11.4. The third kappa shape index (κ3) is 3.15. The second-order valence-electron chi connectivity index (χ2n) is 4.81. The predicted octanol–water partition coefficient (Wildman–Crippen LogP) is 1.00. The third-order valence-electron chi connectivity index (χ3n) is 3.23. The van der Waals surface area contributed by atoms with Gasteiger partial charge in [0.2, 0.25) is 5.91 Å². The maximum atomic E-state index is 14.1. The number of hydrogen-bond acceptors (Lipinski definition) is 4. The first-order valence-electron chi connectivity index (χ1n) is 6.40. The number of nitro benzene ring substituents is 1. The molecule has 1 aliphatic heterocycles. The van der Waals surface area contributed by atoms with Crippen molar-refractivity contribution < 1.29 is 18.9 Å². The molecule has 2 amide bonds. The quantitative estimate of drug-likeness (QED) is 0.651. The molecule has 1 N–H and O–H groups in total. The number of nitrogens with one attached hydrogen (secondary N) is 1. The summed E-state index contributed by atoms with van der Waals surface area (Å²) in [6.07, 6.45) is 0.549. The Morgan fingerprint density at radius 3 is 2.86 bits per heavy atom. The van der Waals surface area contributed by atoms with Crippen LogP contribution in [0, 0.1) is 22.9 Å².